The van der Waals surface area contributed by atoms with Crippen LogP contribution in [0.15, 0.2) is 6.07 Å². The van der Waals surface area contributed by atoms with Gasteiger partial charge in [0.15, 0.2) is 0 Å². The van der Waals surface area contributed by atoms with Gasteiger partial charge in [0, 0.05) is 5.02 Å². The second-order valence-corrected chi connectivity index (χ2v) is 4.45. The second kappa shape index (κ2) is 6.64. The van der Waals surface area contributed by atoms with Crippen molar-refractivity contribution in [3.63, 3.8) is 0 Å². The van der Waals surface area contributed by atoms with Gasteiger partial charge in [-0.05, 0) is 44.4 Å². The van der Waals surface area contributed by atoms with Crippen LogP contribution in [0, 0.1) is 13.8 Å². The Bertz CT molecular complexity index is 441. The van der Waals surface area contributed by atoms with Gasteiger partial charge < -0.3 is 9.47 Å². The predicted molar refractivity (Wildman–Crippen MR) is 72.7 cm³/mol. The summed E-state index contributed by atoms with van der Waals surface area (Å²) in [5.74, 6) is 0.165. The normalized spacial score (nSPS) is 10.3. The van der Waals surface area contributed by atoms with Crippen molar-refractivity contribution in [3.8, 4) is 5.75 Å². The lowest BCUT2D eigenvalue weighted by Gasteiger charge is -2.15. The molecule has 1 aromatic carbocycles. The van der Waals surface area contributed by atoms with E-state index in [1.807, 2.05) is 13.8 Å². The molecule has 100 valence electrons. The predicted octanol–water partition coefficient (Wildman–Crippen LogP) is 3.92. The van der Waals surface area contributed by atoms with Gasteiger partial charge in [-0.15, -0.1) is 0 Å². The standard InChI is InChI=1S/C14H19ClO3/c1-5-7-18-11-8-9(3)13(15)10(4)12(11)14(16)17-6-2/h8H,5-7H2,1-4H3. The smallest absolute Gasteiger partial charge is 0.342 e. The third kappa shape index (κ3) is 3.16. The van der Waals surface area contributed by atoms with Crippen molar-refractivity contribution in [1.29, 1.82) is 0 Å². The fourth-order valence-corrected chi connectivity index (χ4v) is 1.85. The van der Waals surface area contributed by atoms with Crippen molar-refractivity contribution in [2.45, 2.75) is 34.1 Å². The van der Waals surface area contributed by atoms with E-state index < -0.39 is 0 Å². The molecule has 0 saturated heterocycles. The third-order valence-corrected chi connectivity index (χ3v) is 3.17. The number of halogens is 1. The summed E-state index contributed by atoms with van der Waals surface area (Å²) in [6.45, 7) is 8.38. The molecule has 1 aromatic rings. The molecule has 0 aliphatic carbocycles. The maximum Gasteiger partial charge on any atom is 0.342 e. The highest BCUT2D eigenvalue weighted by Crippen LogP contribution is 2.32. The Morgan fingerprint density at radius 2 is 2.00 bits per heavy atom. The Morgan fingerprint density at radius 3 is 2.56 bits per heavy atom. The monoisotopic (exact) mass is 270 g/mol. The molecule has 0 saturated carbocycles. The van der Waals surface area contributed by atoms with Crippen molar-refractivity contribution in [2.24, 2.45) is 0 Å². The zero-order valence-electron chi connectivity index (χ0n) is 11.3. The fourth-order valence-electron chi connectivity index (χ4n) is 1.71. The van der Waals surface area contributed by atoms with Gasteiger partial charge in [0.05, 0.1) is 13.2 Å². The zero-order chi connectivity index (χ0) is 13.7. The van der Waals surface area contributed by atoms with E-state index in [0.717, 1.165) is 12.0 Å². The average Bonchev–Trinajstić information content (AvgIpc) is 2.33. The van der Waals surface area contributed by atoms with E-state index in [4.69, 9.17) is 21.1 Å². The molecule has 0 fully saturated rings. The fraction of sp³-hybridized carbons (Fsp3) is 0.500. The Balaban J connectivity index is 3.25. The quantitative estimate of drug-likeness (QED) is 0.761. The van der Waals surface area contributed by atoms with Crippen LogP contribution in [0.5, 0.6) is 5.75 Å². The summed E-state index contributed by atoms with van der Waals surface area (Å²) in [5, 5.41) is 0.585. The number of hydrogen-bond donors (Lipinski definition) is 0. The lowest BCUT2D eigenvalue weighted by atomic mass is 10.0. The molecule has 1 rings (SSSR count). The first-order chi connectivity index (χ1) is 8.52. The highest BCUT2D eigenvalue weighted by atomic mass is 35.5. The van der Waals surface area contributed by atoms with Crippen molar-refractivity contribution in [1.82, 2.24) is 0 Å². The number of aryl methyl sites for hydroxylation is 1. The topological polar surface area (TPSA) is 35.5 Å². The van der Waals surface area contributed by atoms with Gasteiger partial charge in [-0.3, -0.25) is 0 Å². The summed E-state index contributed by atoms with van der Waals surface area (Å²) >= 11 is 6.17. The number of carbonyl (C=O) groups is 1. The number of rotatable bonds is 5. The molecular weight excluding hydrogens is 252 g/mol. The maximum atomic E-state index is 12.0. The van der Waals surface area contributed by atoms with E-state index in [1.54, 1.807) is 19.9 Å². The van der Waals surface area contributed by atoms with Gasteiger partial charge in [-0.2, -0.15) is 0 Å². The second-order valence-electron chi connectivity index (χ2n) is 4.07. The molecular formula is C14H19ClO3. The number of benzene rings is 1. The molecule has 0 aliphatic heterocycles. The van der Waals surface area contributed by atoms with Crippen LogP contribution in [0.4, 0.5) is 0 Å². The van der Waals surface area contributed by atoms with Crippen molar-refractivity contribution >= 4 is 17.6 Å². The van der Waals surface area contributed by atoms with Crippen molar-refractivity contribution in [3.05, 3.63) is 27.8 Å². The van der Waals surface area contributed by atoms with E-state index in [0.29, 0.717) is 35.1 Å². The van der Waals surface area contributed by atoms with Gasteiger partial charge in [-0.25, -0.2) is 4.79 Å². The molecule has 0 atom stereocenters. The summed E-state index contributed by atoms with van der Waals surface area (Å²) in [4.78, 5) is 12.0. The number of esters is 1. The van der Waals surface area contributed by atoms with E-state index in [1.165, 1.54) is 0 Å². The average molecular weight is 271 g/mol. The van der Waals surface area contributed by atoms with Crippen molar-refractivity contribution < 1.29 is 14.3 Å². The van der Waals surface area contributed by atoms with Crippen LogP contribution < -0.4 is 4.74 Å². The zero-order valence-corrected chi connectivity index (χ0v) is 12.1. The van der Waals surface area contributed by atoms with E-state index >= 15 is 0 Å². The molecule has 0 N–H and O–H groups in total. The van der Waals surface area contributed by atoms with Crippen LogP contribution >= 0.6 is 11.6 Å². The van der Waals surface area contributed by atoms with Crippen molar-refractivity contribution in [2.75, 3.05) is 13.2 Å². The van der Waals surface area contributed by atoms with Crippen LogP contribution in [-0.4, -0.2) is 19.2 Å². The van der Waals surface area contributed by atoms with E-state index in [-0.39, 0.29) is 5.97 Å². The summed E-state index contributed by atoms with van der Waals surface area (Å²) in [6.07, 6.45) is 0.878. The van der Waals surface area contributed by atoms with Crippen LogP contribution in [0.3, 0.4) is 0 Å². The minimum atomic E-state index is -0.386. The number of carbonyl (C=O) groups excluding carboxylic acids is 1. The number of hydrogen-bond acceptors (Lipinski definition) is 3. The summed E-state index contributed by atoms with van der Waals surface area (Å²) in [5.41, 5.74) is 2.04. The molecule has 0 heterocycles. The first-order valence-electron chi connectivity index (χ1n) is 6.12. The summed E-state index contributed by atoms with van der Waals surface area (Å²) in [7, 11) is 0. The lowest BCUT2D eigenvalue weighted by Crippen LogP contribution is -2.11. The van der Waals surface area contributed by atoms with E-state index in [2.05, 4.69) is 0 Å². The lowest BCUT2D eigenvalue weighted by molar-refractivity contribution is 0.0521. The van der Waals surface area contributed by atoms with Crippen LogP contribution in [-0.2, 0) is 4.74 Å². The van der Waals surface area contributed by atoms with Gasteiger partial charge in [-0.1, -0.05) is 18.5 Å². The van der Waals surface area contributed by atoms with E-state index in [9.17, 15) is 4.79 Å². The first-order valence-corrected chi connectivity index (χ1v) is 6.50. The van der Waals surface area contributed by atoms with Crippen LogP contribution in [0.1, 0.15) is 41.8 Å². The maximum absolute atomic E-state index is 12.0. The molecule has 0 unspecified atom stereocenters. The van der Waals surface area contributed by atoms with Gasteiger partial charge in [0.1, 0.15) is 11.3 Å². The van der Waals surface area contributed by atoms with Gasteiger partial charge >= 0.3 is 5.97 Å². The molecule has 0 radical (unpaired) electrons. The summed E-state index contributed by atoms with van der Waals surface area (Å²) < 4.78 is 10.7. The third-order valence-electron chi connectivity index (χ3n) is 2.59. The molecule has 0 aromatic heterocycles. The minimum absolute atomic E-state index is 0.330. The molecule has 0 spiro atoms. The Morgan fingerprint density at radius 1 is 1.33 bits per heavy atom. The highest BCUT2D eigenvalue weighted by molar-refractivity contribution is 6.32. The molecule has 18 heavy (non-hydrogen) atoms. The SMILES string of the molecule is CCCOc1cc(C)c(Cl)c(C)c1C(=O)OCC. The van der Waals surface area contributed by atoms with Gasteiger partial charge in [0.2, 0.25) is 0 Å². The van der Waals surface area contributed by atoms with Gasteiger partial charge in [0.25, 0.3) is 0 Å². The first kappa shape index (κ1) is 14.8. The largest absolute Gasteiger partial charge is 0.493 e. The molecule has 0 aliphatic rings. The highest BCUT2D eigenvalue weighted by Gasteiger charge is 2.20. The minimum Gasteiger partial charge on any atom is -0.493 e. The van der Waals surface area contributed by atoms with Crippen LogP contribution in [0.25, 0.3) is 0 Å². The summed E-state index contributed by atoms with van der Waals surface area (Å²) in [6, 6.07) is 1.79. The Kier molecular flexibility index (Phi) is 5.48. The molecule has 0 amide bonds. The Hall–Kier alpha value is -1.22. The molecule has 0 bridgehead atoms. The number of ether oxygens (including phenoxy) is 2. The Labute approximate surface area is 113 Å². The van der Waals surface area contributed by atoms with Crippen LogP contribution in [0.2, 0.25) is 5.02 Å². The molecule has 4 heteroatoms. The molecule has 3 nitrogen and oxygen atoms in total.